The van der Waals surface area contributed by atoms with Crippen molar-refractivity contribution < 1.29 is 14.3 Å². The van der Waals surface area contributed by atoms with Gasteiger partial charge in [-0.25, -0.2) is 0 Å². The minimum Gasteiger partial charge on any atom is -0.493 e. The average molecular weight is 299 g/mol. The fourth-order valence-electron chi connectivity index (χ4n) is 1.80. The van der Waals surface area contributed by atoms with Gasteiger partial charge in [-0.05, 0) is 30.5 Å². The molecule has 1 aromatic carbocycles. The van der Waals surface area contributed by atoms with Crippen molar-refractivity contribution in [2.45, 2.75) is 31.8 Å². The molecule has 5 nitrogen and oxygen atoms in total. The van der Waals surface area contributed by atoms with Crippen LogP contribution in [0.3, 0.4) is 0 Å². The third-order valence-corrected chi connectivity index (χ3v) is 3.32. The first kappa shape index (κ1) is 14.9. The summed E-state index contributed by atoms with van der Waals surface area (Å²) < 4.78 is 10.8. The molecular weight excluding hydrogens is 280 g/mol. The molecule has 2 rings (SSSR count). The molecule has 1 aliphatic carbocycles. The lowest BCUT2D eigenvalue weighted by atomic mass is 10.2. The Kier molecular flexibility index (Phi) is 5.09. The van der Waals surface area contributed by atoms with Crippen molar-refractivity contribution in [3.05, 3.63) is 22.7 Å². The van der Waals surface area contributed by atoms with E-state index in [1.165, 1.54) is 0 Å². The largest absolute Gasteiger partial charge is 0.493 e. The summed E-state index contributed by atoms with van der Waals surface area (Å²) in [5.74, 6) is 0.979. The summed E-state index contributed by atoms with van der Waals surface area (Å²) >= 11 is 6.14. The van der Waals surface area contributed by atoms with Crippen LogP contribution in [-0.4, -0.2) is 25.7 Å². The predicted octanol–water partition coefficient (Wildman–Crippen LogP) is 1.85. The van der Waals surface area contributed by atoms with E-state index in [4.69, 9.17) is 26.8 Å². The number of methoxy groups -OCH3 is 1. The Hall–Kier alpha value is -1.46. The molecule has 1 saturated carbocycles. The molecule has 0 spiro atoms. The van der Waals surface area contributed by atoms with E-state index in [1.807, 2.05) is 0 Å². The minimum absolute atomic E-state index is 0.00108. The van der Waals surface area contributed by atoms with Gasteiger partial charge in [0.05, 0.1) is 25.2 Å². The molecule has 0 atom stereocenters. The van der Waals surface area contributed by atoms with Gasteiger partial charge in [-0.1, -0.05) is 11.6 Å². The third-order valence-electron chi connectivity index (χ3n) is 3.04. The van der Waals surface area contributed by atoms with Gasteiger partial charge in [0.1, 0.15) is 0 Å². The maximum Gasteiger partial charge on any atom is 0.223 e. The molecule has 0 aromatic heterocycles. The second kappa shape index (κ2) is 6.81. The molecule has 0 aliphatic heterocycles. The zero-order chi connectivity index (χ0) is 14.5. The maximum absolute atomic E-state index is 11.6. The van der Waals surface area contributed by atoms with Crippen LogP contribution in [-0.2, 0) is 11.3 Å². The molecule has 0 radical (unpaired) electrons. The van der Waals surface area contributed by atoms with Gasteiger partial charge in [0, 0.05) is 12.6 Å². The second-order valence-corrected chi connectivity index (χ2v) is 5.16. The first-order chi connectivity index (χ1) is 9.63. The molecule has 1 aromatic rings. The van der Waals surface area contributed by atoms with E-state index in [2.05, 4.69) is 5.32 Å². The molecular formula is C14H19ClN2O3. The highest BCUT2D eigenvalue weighted by atomic mass is 35.5. The van der Waals surface area contributed by atoms with Crippen LogP contribution in [0.5, 0.6) is 11.5 Å². The van der Waals surface area contributed by atoms with Crippen LogP contribution in [0.25, 0.3) is 0 Å². The third kappa shape index (κ3) is 4.02. The molecule has 1 amide bonds. The van der Waals surface area contributed by atoms with Gasteiger partial charge in [-0.15, -0.1) is 0 Å². The second-order valence-electron chi connectivity index (χ2n) is 4.75. The van der Waals surface area contributed by atoms with E-state index in [-0.39, 0.29) is 12.5 Å². The van der Waals surface area contributed by atoms with Gasteiger partial charge in [-0.2, -0.15) is 0 Å². The van der Waals surface area contributed by atoms with Gasteiger partial charge < -0.3 is 20.5 Å². The van der Waals surface area contributed by atoms with Crippen molar-refractivity contribution >= 4 is 17.5 Å². The Morgan fingerprint density at radius 1 is 1.50 bits per heavy atom. The smallest absolute Gasteiger partial charge is 0.223 e. The van der Waals surface area contributed by atoms with Crippen molar-refractivity contribution in [1.29, 1.82) is 0 Å². The lowest BCUT2D eigenvalue weighted by Crippen LogP contribution is -2.26. The van der Waals surface area contributed by atoms with Crippen molar-refractivity contribution in [3.8, 4) is 11.5 Å². The van der Waals surface area contributed by atoms with Crippen LogP contribution in [0.2, 0.25) is 5.02 Å². The topological polar surface area (TPSA) is 73.6 Å². The standard InChI is InChI=1S/C14H19ClN2O3/c1-19-12-7-9(8-16)6-11(15)14(12)20-5-4-13(18)17-10-2-3-10/h6-7,10H,2-5,8,16H2,1H3,(H,17,18). The Morgan fingerprint density at radius 2 is 2.25 bits per heavy atom. The highest BCUT2D eigenvalue weighted by Gasteiger charge is 2.23. The normalized spacial score (nSPS) is 13.9. The zero-order valence-corrected chi connectivity index (χ0v) is 12.2. The van der Waals surface area contributed by atoms with Crippen molar-refractivity contribution in [1.82, 2.24) is 5.32 Å². The number of benzene rings is 1. The number of carbonyl (C=O) groups is 1. The first-order valence-electron chi connectivity index (χ1n) is 6.62. The molecule has 0 bridgehead atoms. The monoisotopic (exact) mass is 298 g/mol. The Morgan fingerprint density at radius 3 is 2.85 bits per heavy atom. The van der Waals surface area contributed by atoms with Crippen LogP contribution in [0.15, 0.2) is 12.1 Å². The van der Waals surface area contributed by atoms with Crippen molar-refractivity contribution in [2.75, 3.05) is 13.7 Å². The summed E-state index contributed by atoms with van der Waals surface area (Å²) in [6.45, 7) is 0.636. The van der Waals surface area contributed by atoms with Crippen molar-refractivity contribution in [3.63, 3.8) is 0 Å². The molecule has 1 aliphatic rings. The maximum atomic E-state index is 11.6. The summed E-state index contributed by atoms with van der Waals surface area (Å²) in [5.41, 5.74) is 6.44. The van der Waals surface area contributed by atoms with Gasteiger partial charge >= 0.3 is 0 Å². The number of nitrogens with one attached hydrogen (secondary N) is 1. The summed E-state index contributed by atoms with van der Waals surface area (Å²) in [6.07, 6.45) is 2.45. The lowest BCUT2D eigenvalue weighted by Gasteiger charge is -2.13. The fourth-order valence-corrected chi connectivity index (χ4v) is 2.09. The summed E-state index contributed by atoms with van der Waals surface area (Å²) in [5, 5.41) is 3.34. The Balaban J connectivity index is 1.92. The predicted molar refractivity (Wildman–Crippen MR) is 77.2 cm³/mol. The molecule has 1 fully saturated rings. The van der Waals surface area contributed by atoms with Gasteiger partial charge in [-0.3, -0.25) is 4.79 Å². The van der Waals surface area contributed by atoms with E-state index in [0.717, 1.165) is 18.4 Å². The number of ether oxygens (including phenoxy) is 2. The molecule has 0 unspecified atom stereocenters. The van der Waals surface area contributed by atoms with Gasteiger partial charge in [0.2, 0.25) is 5.91 Å². The molecule has 0 saturated heterocycles. The number of rotatable bonds is 7. The minimum atomic E-state index is 0.00108. The van der Waals surface area contributed by atoms with Crippen LogP contribution < -0.4 is 20.5 Å². The number of carbonyl (C=O) groups excluding carboxylic acids is 1. The number of nitrogens with two attached hydrogens (primary N) is 1. The number of hydrogen-bond donors (Lipinski definition) is 2. The van der Waals surface area contributed by atoms with Crippen LogP contribution in [0.4, 0.5) is 0 Å². The van der Waals surface area contributed by atoms with Crippen molar-refractivity contribution in [2.24, 2.45) is 5.73 Å². The van der Waals surface area contributed by atoms with Gasteiger partial charge in [0.25, 0.3) is 0 Å². The Labute approximate surface area is 123 Å². The van der Waals surface area contributed by atoms with E-state index >= 15 is 0 Å². The highest BCUT2D eigenvalue weighted by molar-refractivity contribution is 6.32. The highest BCUT2D eigenvalue weighted by Crippen LogP contribution is 2.36. The number of hydrogen-bond acceptors (Lipinski definition) is 4. The quantitative estimate of drug-likeness (QED) is 0.806. The number of amides is 1. The van der Waals surface area contributed by atoms with Gasteiger partial charge in [0.15, 0.2) is 11.5 Å². The fraction of sp³-hybridized carbons (Fsp3) is 0.500. The summed E-state index contributed by atoms with van der Waals surface area (Å²) in [7, 11) is 1.54. The SMILES string of the molecule is COc1cc(CN)cc(Cl)c1OCCC(=O)NC1CC1. The summed E-state index contributed by atoms with van der Waals surface area (Å²) in [4.78, 5) is 11.6. The van der Waals surface area contributed by atoms with Crippen LogP contribution >= 0.6 is 11.6 Å². The van der Waals surface area contributed by atoms with Crippen LogP contribution in [0.1, 0.15) is 24.8 Å². The number of halogens is 1. The molecule has 3 N–H and O–H groups in total. The van der Waals surface area contributed by atoms with E-state index in [0.29, 0.717) is 35.5 Å². The van der Waals surface area contributed by atoms with Crippen LogP contribution in [0, 0.1) is 0 Å². The average Bonchev–Trinajstić information content (AvgIpc) is 3.23. The Bertz CT molecular complexity index is 490. The lowest BCUT2D eigenvalue weighted by molar-refractivity contribution is -0.121. The first-order valence-corrected chi connectivity index (χ1v) is 7.00. The van der Waals surface area contributed by atoms with E-state index < -0.39 is 0 Å². The van der Waals surface area contributed by atoms with E-state index in [1.54, 1.807) is 19.2 Å². The molecule has 110 valence electrons. The molecule has 0 heterocycles. The summed E-state index contributed by atoms with van der Waals surface area (Å²) in [6, 6.07) is 3.89. The zero-order valence-electron chi connectivity index (χ0n) is 11.4. The molecule has 6 heteroatoms. The van der Waals surface area contributed by atoms with E-state index in [9.17, 15) is 4.79 Å². The molecule has 20 heavy (non-hydrogen) atoms.